The summed E-state index contributed by atoms with van der Waals surface area (Å²) in [6, 6.07) is 12.3. The molecule has 200 valence electrons. The number of esters is 1. The molecule has 2 aliphatic carbocycles. The second-order valence-corrected chi connectivity index (χ2v) is 12.2. The second-order valence-electron chi connectivity index (χ2n) is 11.3. The number of hydrogen-bond acceptors (Lipinski definition) is 7. The van der Waals surface area contributed by atoms with Crippen molar-refractivity contribution in [3.05, 3.63) is 52.0 Å². The molecule has 2 fully saturated rings. The van der Waals surface area contributed by atoms with Gasteiger partial charge in [0.2, 0.25) is 5.82 Å². The highest BCUT2D eigenvalue weighted by Crippen LogP contribution is 2.52. The summed E-state index contributed by atoms with van der Waals surface area (Å²) in [6.07, 6.45) is 5.20. The van der Waals surface area contributed by atoms with E-state index in [0.717, 1.165) is 73.1 Å². The largest absolute Gasteiger partial charge is 0.490 e. The van der Waals surface area contributed by atoms with E-state index < -0.39 is 0 Å². The number of carbonyl (C=O) groups excluding carboxylic acids is 1. The van der Waals surface area contributed by atoms with Crippen LogP contribution in [0.2, 0.25) is 0 Å². The maximum absolute atomic E-state index is 12.5. The van der Waals surface area contributed by atoms with E-state index in [4.69, 9.17) is 19.0 Å². The SMILES string of the molecule is CCOC(=O)C1(CN2CCC3(CCc4c(-c5noc(-c6ccc(OC(C)C)c(Br)c6)n5)cccc43)C2)CC1. The minimum atomic E-state index is -0.278. The van der Waals surface area contributed by atoms with E-state index in [1.54, 1.807) is 0 Å². The highest BCUT2D eigenvalue weighted by atomic mass is 79.9. The van der Waals surface area contributed by atoms with Crippen LogP contribution >= 0.6 is 15.9 Å². The summed E-state index contributed by atoms with van der Waals surface area (Å²) in [4.78, 5) is 19.8. The Morgan fingerprint density at radius 2 is 2.03 bits per heavy atom. The van der Waals surface area contributed by atoms with E-state index in [1.165, 1.54) is 11.1 Å². The number of halogens is 1. The fraction of sp³-hybridized carbons (Fsp3) is 0.500. The minimum Gasteiger partial charge on any atom is -0.490 e. The third-order valence-electron chi connectivity index (χ3n) is 8.33. The molecule has 0 bridgehead atoms. The van der Waals surface area contributed by atoms with Crippen molar-refractivity contribution in [2.24, 2.45) is 5.41 Å². The third-order valence-corrected chi connectivity index (χ3v) is 8.95. The number of nitrogens with zero attached hydrogens (tertiary/aromatic N) is 3. The second kappa shape index (κ2) is 9.79. The first-order valence-electron chi connectivity index (χ1n) is 13.7. The van der Waals surface area contributed by atoms with Crippen molar-refractivity contribution in [1.29, 1.82) is 0 Å². The maximum Gasteiger partial charge on any atom is 0.313 e. The summed E-state index contributed by atoms with van der Waals surface area (Å²) >= 11 is 3.60. The first-order valence-corrected chi connectivity index (χ1v) is 14.4. The van der Waals surface area contributed by atoms with E-state index >= 15 is 0 Å². The van der Waals surface area contributed by atoms with Gasteiger partial charge in [0.05, 0.1) is 22.6 Å². The zero-order valence-corrected chi connectivity index (χ0v) is 23.8. The molecule has 3 aromatic rings. The van der Waals surface area contributed by atoms with Crippen LogP contribution in [0.5, 0.6) is 5.75 Å². The molecule has 1 spiro atoms. The van der Waals surface area contributed by atoms with Crippen molar-refractivity contribution >= 4 is 21.9 Å². The van der Waals surface area contributed by atoms with Crippen molar-refractivity contribution < 1.29 is 18.8 Å². The van der Waals surface area contributed by atoms with Gasteiger partial charge in [-0.3, -0.25) is 4.79 Å². The van der Waals surface area contributed by atoms with Gasteiger partial charge in [0, 0.05) is 29.6 Å². The molecular formula is C30H34BrN3O4. The topological polar surface area (TPSA) is 77.7 Å². The van der Waals surface area contributed by atoms with E-state index in [2.05, 4.69) is 44.2 Å². The molecule has 0 amide bonds. The molecule has 0 radical (unpaired) electrons. The highest BCUT2D eigenvalue weighted by molar-refractivity contribution is 9.10. The Bertz CT molecular complexity index is 1370. The third kappa shape index (κ3) is 4.56. The predicted molar refractivity (Wildman–Crippen MR) is 148 cm³/mol. The quantitative estimate of drug-likeness (QED) is 0.294. The predicted octanol–water partition coefficient (Wildman–Crippen LogP) is 6.19. The van der Waals surface area contributed by atoms with Crippen molar-refractivity contribution in [3.8, 4) is 28.6 Å². The average Bonchev–Trinajstić information content (AvgIpc) is 3.21. The number of benzene rings is 2. The molecule has 6 rings (SSSR count). The smallest absolute Gasteiger partial charge is 0.313 e. The fourth-order valence-electron chi connectivity index (χ4n) is 6.30. The summed E-state index contributed by atoms with van der Waals surface area (Å²) in [5.74, 6) is 1.89. The van der Waals surface area contributed by atoms with Crippen LogP contribution in [-0.2, 0) is 21.4 Å². The average molecular weight is 581 g/mol. The Morgan fingerprint density at radius 3 is 2.76 bits per heavy atom. The van der Waals surface area contributed by atoms with Crippen LogP contribution in [-0.4, -0.2) is 53.4 Å². The summed E-state index contributed by atoms with van der Waals surface area (Å²) < 4.78 is 17.8. The molecule has 1 aromatic heterocycles. The van der Waals surface area contributed by atoms with Crippen molar-refractivity contribution in [3.63, 3.8) is 0 Å². The van der Waals surface area contributed by atoms with Crippen LogP contribution in [0.15, 0.2) is 45.4 Å². The lowest BCUT2D eigenvalue weighted by molar-refractivity contribution is -0.150. The van der Waals surface area contributed by atoms with E-state index in [0.29, 0.717) is 18.3 Å². The van der Waals surface area contributed by atoms with Gasteiger partial charge >= 0.3 is 5.97 Å². The lowest BCUT2D eigenvalue weighted by Crippen LogP contribution is -2.36. The molecule has 38 heavy (non-hydrogen) atoms. The van der Waals surface area contributed by atoms with Crippen LogP contribution in [0.1, 0.15) is 57.6 Å². The van der Waals surface area contributed by atoms with Gasteiger partial charge in [0.15, 0.2) is 0 Å². The van der Waals surface area contributed by atoms with Gasteiger partial charge in [-0.2, -0.15) is 4.98 Å². The summed E-state index contributed by atoms with van der Waals surface area (Å²) in [6.45, 7) is 9.16. The van der Waals surface area contributed by atoms with E-state index in [9.17, 15) is 4.79 Å². The van der Waals surface area contributed by atoms with Gasteiger partial charge < -0.3 is 18.9 Å². The molecule has 8 heteroatoms. The molecule has 1 atom stereocenters. The molecule has 2 heterocycles. The van der Waals surface area contributed by atoms with Crippen LogP contribution in [0.4, 0.5) is 0 Å². The monoisotopic (exact) mass is 579 g/mol. The Balaban J connectivity index is 1.22. The normalized spacial score (nSPS) is 21.7. The van der Waals surface area contributed by atoms with Gasteiger partial charge in [0.1, 0.15) is 5.75 Å². The Hall–Kier alpha value is -2.71. The molecular weight excluding hydrogens is 546 g/mol. The first kappa shape index (κ1) is 25.6. The summed E-state index contributed by atoms with van der Waals surface area (Å²) in [7, 11) is 0. The van der Waals surface area contributed by atoms with E-state index in [1.807, 2.05) is 39.0 Å². The number of rotatable bonds is 8. The fourth-order valence-corrected chi connectivity index (χ4v) is 6.77. The zero-order chi connectivity index (χ0) is 26.5. The molecule has 1 aliphatic heterocycles. The Morgan fingerprint density at radius 1 is 1.18 bits per heavy atom. The molecule has 3 aliphatic rings. The minimum absolute atomic E-state index is 0.0166. The number of ether oxygens (including phenoxy) is 2. The van der Waals surface area contributed by atoms with Crippen LogP contribution < -0.4 is 4.74 Å². The van der Waals surface area contributed by atoms with Crippen LogP contribution in [0.3, 0.4) is 0 Å². The molecule has 1 saturated heterocycles. The van der Waals surface area contributed by atoms with Crippen molar-refractivity contribution in [2.45, 2.75) is 64.4 Å². The number of likely N-dealkylation sites (tertiary alicyclic amines) is 1. The molecule has 1 unspecified atom stereocenters. The van der Waals surface area contributed by atoms with Gasteiger partial charge in [0.25, 0.3) is 5.89 Å². The number of hydrogen-bond donors (Lipinski definition) is 0. The lowest BCUT2D eigenvalue weighted by atomic mass is 9.81. The number of fused-ring (bicyclic) bond motifs is 2. The maximum atomic E-state index is 12.5. The molecule has 2 aromatic carbocycles. The number of aromatic nitrogens is 2. The van der Waals surface area contributed by atoms with Crippen molar-refractivity contribution in [1.82, 2.24) is 15.0 Å². The van der Waals surface area contributed by atoms with Gasteiger partial charge in [-0.25, -0.2) is 0 Å². The molecule has 0 N–H and O–H groups in total. The van der Waals surface area contributed by atoms with E-state index in [-0.39, 0.29) is 22.9 Å². The molecule has 1 saturated carbocycles. The standard InChI is InChI=1S/C30H34BrN3O4/c1-4-36-28(35)30(12-13-30)18-34-15-14-29(17-34)11-10-21-22(6-5-7-23(21)29)26-32-27(38-33-26)20-8-9-25(24(31)16-20)37-19(2)3/h5-9,16,19H,4,10-15,17-18H2,1-3H3. The van der Waals surface area contributed by atoms with Crippen LogP contribution in [0.25, 0.3) is 22.8 Å². The van der Waals surface area contributed by atoms with Crippen molar-refractivity contribution in [2.75, 3.05) is 26.2 Å². The lowest BCUT2D eigenvalue weighted by Gasteiger charge is -2.27. The van der Waals surface area contributed by atoms with Gasteiger partial charge in [-0.15, -0.1) is 0 Å². The summed E-state index contributed by atoms with van der Waals surface area (Å²) in [5, 5.41) is 4.37. The van der Waals surface area contributed by atoms with Gasteiger partial charge in [-0.1, -0.05) is 23.4 Å². The molecule has 7 nitrogen and oxygen atoms in total. The van der Waals surface area contributed by atoms with Gasteiger partial charge in [-0.05, 0) is 105 Å². The first-order chi connectivity index (χ1) is 18.3. The Kier molecular flexibility index (Phi) is 6.59. The Labute approximate surface area is 232 Å². The van der Waals surface area contributed by atoms with Crippen LogP contribution in [0, 0.1) is 5.41 Å². The zero-order valence-electron chi connectivity index (χ0n) is 22.3. The number of carbonyl (C=O) groups is 1. The summed E-state index contributed by atoms with van der Waals surface area (Å²) in [5.41, 5.74) is 4.48. The highest BCUT2D eigenvalue weighted by Gasteiger charge is 2.54.